The summed E-state index contributed by atoms with van der Waals surface area (Å²) in [7, 11) is 0. The lowest BCUT2D eigenvalue weighted by molar-refractivity contribution is 0.0722. The molecule has 0 spiro atoms. The van der Waals surface area contributed by atoms with E-state index in [1.165, 1.54) is 11.3 Å². The van der Waals surface area contributed by atoms with E-state index in [-0.39, 0.29) is 16.5 Å². The molecule has 1 fully saturated rings. The number of thioether (sulfide) groups is 1. The van der Waals surface area contributed by atoms with Crippen LogP contribution in [-0.2, 0) is 0 Å². The predicted octanol–water partition coefficient (Wildman–Crippen LogP) is 1.54. The second kappa shape index (κ2) is 6.01. The van der Waals surface area contributed by atoms with Crippen LogP contribution in [0.5, 0.6) is 0 Å². The van der Waals surface area contributed by atoms with Crippen LogP contribution in [0, 0.1) is 6.92 Å². The molecule has 8 heteroatoms. The molecule has 2 rings (SSSR count). The van der Waals surface area contributed by atoms with Crippen molar-refractivity contribution in [3.05, 3.63) is 16.1 Å². The van der Waals surface area contributed by atoms with Gasteiger partial charge in [-0.1, -0.05) is 5.16 Å². The van der Waals surface area contributed by atoms with Crippen LogP contribution in [0.3, 0.4) is 0 Å². The summed E-state index contributed by atoms with van der Waals surface area (Å²) in [5, 5.41) is 12.1. The third-order valence-electron chi connectivity index (χ3n) is 3.76. The van der Waals surface area contributed by atoms with Crippen molar-refractivity contribution >= 4 is 34.8 Å². The second-order valence-corrected chi connectivity index (χ2v) is 6.79. The van der Waals surface area contributed by atoms with Gasteiger partial charge in [-0.25, -0.2) is 4.98 Å². The lowest BCUT2D eigenvalue weighted by Crippen LogP contribution is -2.51. The summed E-state index contributed by atoms with van der Waals surface area (Å²) < 4.78 is -0.367. The SMILES string of the molecule is CSC1(C(N)=NO)CCN(C(=O)c2scnc2C)CC1. The molecule has 2 heterocycles. The predicted molar refractivity (Wildman–Crippen MR) is 81.6 cm³/mol. The fraction of sp³-hybridized carbons (Fsp3) is 0.583. The first kappa shape index (κ1) is 15.1. The van der Waals surface area contributed by atoms with E-state index in [9.17, 15) is 4.79 Å². The summed E-state index contributed by atoms with van der Waals surface area (Å²) >= 11 is 2.95. The van der Waals surface area contributed by atoms with Gasteiger partial charge in [0, 0.05) is 13.1 Å². The Labute approximate surface area is 126 Å². The Morgan fingerprint density at radius 2 is 2.25 bits per heavy atom. The molecular weight excluding hydrogens is 296 g/mol. The van der Waals surface area contributed by atoms with Crippen LogP contribution < -0.4 is 5.73 Å². The number of thiazole rings is 1. The van der Waals surface area contributed by atoms with Gasteiger partial charge < -0.3 is 15.8 Å². The van der Waals surface area contributed by atoms with Gasteiger partial charge in [-0.15, -0.1) is 11.3 Å². The quantitative estimate of drug-likeness (QED) is 0.382. The number of amidine groups is 1. The smallest absolute Gasteiger partial charge is 0.265 e. The summed E-state index contributed by atoms with van der Waals surface area (Å²) in [5.41, 5.74) is 8.27. The number of carbonyl (C=O) groups excluding carboxylic acids is 1. The zero-order valence-electron chi connectivity index (χ0n) is 11.5. The maximum atomic E-state index is 12.4. The number of hydrogen-bond acceptors (Lipinski definition) is 6. The highest BCUT2D eigenvalue weighted by Gasteiger charge is 2.39. The van der Waals surface area contributed by atoms with Gasteiger partial charge in [0.1, 0.15) is 4.88 Å². The van der Waals surface area contributed by atoms with Gasteiger partial charge in [0.25, 0.3) is 5.91 Å². The number of rotatable bonds is 3. The van der Waals surface area contributed by atoms with E-state index in [1.807, 2.05) is 18.1 Å². The van der Waals surface area contributed by atoms with Crippen molar-refractivity contribution in [2.75, 3.05) is 19.3 Å². The normalized spacial score (nSPS) is 19.1. The third-order valence-corrected chi connectivity index (χ3v) is 6.08. The monoisotopic (exact) mass is 314 g/mol. The van der Waals surface area contributed by atoms with Crippen molar-refractivity contribution in [1.82, 2.24) is 9.88 Å². The van der Waals surface area contributed by atoms with E-state index in [2.05, 4.69) is 10.1 Å². The number of likely N-dealkylation sites (tertiary alicyclic amines) is 1. The fourth-order valence-electron chi connectivity index (χ4n) is 2.38. The minimum atomic E-state index is -0.367. The number of amides is 1. The molecule has 1 aliphatic rings. The van der Waals surface area contributed by atoms with Gasteiger partial charge in [-0.3, -0.25) is 4.79 Å². The fourth-order valence-corrected chi connectivity index (χ4v) is 3.99. The molecule has 1 aromatic heterocycles. The summed E-state index contributed by atoms with van der Waals surface area (Å²) in [4.78, 5) is 19.0. The molecule has 1 aliphatic heterocycles. The summed E-state index contributed by atoms with van der Waals surface area (Å²) in [5.74, 6) is 0.269. The van der Waals surface area contributed by atoms with Crippen molar-refractivity contribution in [3.63, 3.8) is 0 Å². The second-order valence-electron chi connectivity index (χ2n) is 4.74. The Morgan fingerprint density at radius 3 is 2.70 bits per heavy atom. The molecule has 20 heavy (non-hydrogen) atoms. The molecule has 110 valence electrons. The van der Waals surface area contributed by atoms with E-state index >= 15 is 0 Å². The molecule has 0 saturated carbocycles. The largest absolute Gasteiger partial charge is 0.409 e. The highest BCUT2D eigenvalue weighted by molar-refractivity contribution is 8.00. The van der Waals surface area contributed by atoms with Crippen molar-refractivity contribution in [3.8, 4) is 0 Å². The number of oxime groups is 1. The van der Waals surface area contributed by atoms with E-state index in [0.29, 0.717) is 30.8 Å². The molecular formula is C12H18N4O2S2. The average Bonchev–Trinajstić information content (AvgIpc) is 2.91. The lowest BCUT2D eigenvalue weighted by atomic mass is 9.94. The summed E-state index contributed by atoms with van der Waals surface area (Å²) in [6.45, 7) is 3.05. The minimum absolute atomic E-state index is 0.0270. The van der Waals surface area contributed by atoms with Crippen LogP contribution in [-0.4, -0.2) is 50.9 Å². The average molecular weight is 314 g/mol. The lowest BCUT2D eigenvalue weighted by Gasteiger charge is -2.39. The molecule has 3 N–H and O–H groups in total. The zero-order chi connectivity index (χ0) is 14.8. The number of piperidine rings is 1. The van der Waals surface area contributed by atoms with E-state index in [1.54, 1.807) is 17.3 Å². The molecule has 0 aliphatic carbocycles. The van der Waals surface area contributed by atoms with Crippen LogP contribution in [0.1, 0.15) is 28.2 Å². The Bertz CT molecular complexity index is 521. The van der Waals surface area contributed by atoms with E-state index < -0.39 is 0 Å². The number of aryl methyl sites for hydroxylation is 1. The van der Waals surface area contributed by atoms with Gasteiger partial charge in [0.05, 0.1) is 16.0 Å². The first-order valence-electron chi connectivity index (χ1n) is 6.26. The van der Waals surface area contributed by atoms with Gasteiger partial charge in [-0.2, -0.15) is 11.8 Å². The highest BCUT2D eigenvalue weighted by Crippen LogP contribution is 2.35. The molecule has 6 nitrogen and oxygen atoms in total. The zero-order valence-corrected chi connectivity index (χ0v) is 13.1. The molecule has 0 bridgehead atoms. The maximum absolute atomic E-state index is 12.4. The molecule has 0 aromatic carbocycles. The van der Waals surface area contributed by atoms with Crippen molar-refractivity contribution in [2.45, 2.75) is 24.5 Å². The molecule has 0 unspecified atom stereocenters. The number of aromatic nitrogens is 1. The van der Waals surface area contributed by atoms with Crippen LogP contribution in [0.4, 0.5) is 0 Å². The Balaban J connectivity index is 2.08. The van der Waals surface area contributed by atoms with Crippen LogP contribution in [0.25, 0.3) is 0 Å². The van der Waals surface area contributed by atoms with Crippen LogP contribution in [0.2, 0.25) is 0 Å². The Hall–Kier alpha value is -1.28. The van der Waals surface area contributed by atoms with E-state index in [4.69, 9.17) is 10.9 Å². The van der Waals surface area contributed by atoms with Crippen molar-refractivity contribution in [2.24, 2.45) is 10.9 Å². The number of nitrogens with two attached hydrogens (primary N) is 1. The number of nitrogens with zero attached hydrogens (tertiary/aromatic N) is 3. The van der Waals surface area contributed by atoms with Gasteiger partial charge in [0.15, 0.2) is 5.84 Å². The standard InChI is InChI=1S/C12H18N4O2S2/c1-8-9(20-7-14-8)10(17)16-5-3-12(19-2,4-6-16)11(13)15-18/h7,18H,3-6H2,1-2H3,(H2,13,15). The molecule has 1 saturated heterocycles. The Kier molecular flexibility index (Phi) is 4.54. The van der Waals surface area contributed by atoms with E-state index in [0.717, 1.165) is 5.69 Å². The maximum Gasteiger partial charge on any atom is 0.265 e. The van der Waals surface area contributed by atoms with Gasteiger partial charge >= 0.3 is 0 Å². The van der Waals surface area contributed by atoms with Crippen molar-refractivity contribution in [1.29, 1.82) is 0 Å². The minimum Gasteiger partial charge on any atom is -0.409 e. The summed E-state index contributed by atoms with van der Waals surface area (Å²) in [6.07, 6.45) is 3.32. The number of hydrogen-bond donors (Lipinski definition) is 2. The molecule has 0 radical (unpaired) electrons. The first-order valence-corrected chi connectivity index (χ1v) is 8.37. The molecule has 1 aromatic rings. The topological polar surface area (TPSA) is 91.8 Å². The van der Waals surface area contributed by atoms with Gasteiger partial charge in [0.2, 0.25) is 0 Å². The van der Waals surface area contributed by atoms with Gasteiger partial charge in [-0.05, 0) is 26.0 Å². The summed E-state index contributed by atoms with van der Waals surface area (Å²) in [6, 6.07) is 0. The Morgan fingerprint density at radius 1 is 1.60 bits per heavy atom. The number of carbonyl (C=O) groups is 1. The van der Waals surface area contributed by atoms with Crippen LogP contribution in [0.15, 0.2) is 10.7 Å². The molecule has 1 amide bonds. The molecule has 0 atom stereocenters. The third kappa shape index (κ3) is 2.62. The van der Waals surface area contributed by atoms with Crippen LogP contribution >= 0.6 is 23.1 Å². The highest BCUT2D eigenvalue weighted by atomic mass is 32.2. The van der Waals surface area contributed by atoms with Crippen molar-refractivity contribution < 1.29 is 10.0 Å². The first-order chi connectivity index (χ1) is 9.54.